The lowest BCUT2D eigenvalue weighted by atomic mass is 10.2. The van der Waals surface area contributed by atoms with Gasteiger partial charge in [-0.05, 0) is 0 Å². The van der Waals surface area contributed by atoms with Crippen molar-refractivity contribution in [3.8, 4) is 0 Å². The van der Waals surface area contributed by atoms with E-state index in [9.17, 15) is 35.9 Å². The van der Waals surface area contributed by atoms with Crippen LogP contribution in [0.1, 0.15) is 0 Å². The van der Waals surface area contributed by atoms with Crippen molar-refractivity contribution in [2.45, 2.75) is 11.8 Å². The van der Waals surface area contributed by atoms with Gasteiger partial charge in [-0.25, -0.2) is 0 Å². The lowest BCUT2D eigenvalue weighted by Crippen LogP contribution is -2.49. The summed E-state index contributed by atoms with van der Waals surface area (Å²) in [6.07, 6.45) is 0. The third-order valence-electron chi connectivity index (χ3n) is 0.888. The van der Waals surface area contributed by atoms with Crippen molar-refractivity contribution in [1.29, 1.82) is 0 Å². The molecular formula is C4F6O2. The summed E-state index contributed by atoms with van der Waals surface area (Å²) in [5, 5.41) is 0. The molecule has 0 rings (SSSR count). The molecule has 0 saturated carbocycles. The minimum atomic E-state index is -5.95. The Morgan fingerprint density at radius 2 is 0.917 bits per heavy atom. The molecule has 0 aliphatic heterocycles. The summed E-state index contributed by atoms with van der Waals surface area (Å²) in [7, 11) is 0. The average molecular weight is 194 g/mol. The molecule has 70 valence electrons. The zero-order valence-corrected chi connectivity index (χ0v) is 5.08. The summed E-state index contributed by atoms with van der Waals surface area (Å²) in [4.78, 5) is 18.4. The highest BCUT2D eigenvalue weighted by Crippen LogP contribution is 2.36. The molecule has 0 aromatic heterocycles. The van der Waals surface area contributed by atoms with Gasteiger partial charge in [-0.2, -0.15) is 26.3 Å². The van der Waals surface area contributed by atoms with Gasteiger partial charge in [-0.15, -0.1) is 0 Å². The number of rotatable bonds is 3. The second kappa shape index (κ2) is 2.76. The lowest BCUT2D eigenvalue weighted by Gasteiger charge is -2.16. The summed E-state index contributed by atoms with van der Waals surface area (Å²) in [6, 6.07) is -7.53. The highest BCUT2D eigenvalue weighted by Gasteiger charge is 2.68. The maximum absolute atomic E-state index is 11.6. The van der Waals surface area contributed by atoms with Crippen LogP contribution in [0.5, 0.6) is 0 Å². The number of carbonyl (C=O) groups excluding carboxylic acids is 2. The maximum Gasteiger partial charge on any atom is 0.408 e. The molecule has 0 saturated heterocycles. The first-order valence-corrected chi connectivity index (χ1v) is 2.29. The van der Waals surface area contributed by atoms with Crippen LogP contribution >= 0.6 is 0 Å². The molecule has 0 aromatic rings. The Morgan fingerprint density at radius 3 is 1.00 bits per heavy atom. The highest BCUT2D eigenvalue weighted by atomic mass is 19.3. The normalized spacial score (nSPS) is 12.8. The van der Waals surface area contributed by atoms with Crippen LogP contribution in [0.15, 0.2) is 0 Å². The van der Waals surface area contributed by atoms with Gasteiger partial charge in [0.2, 0.25) is 0 Å². The van der Waals surface area contributed by atoms with Crippen molar-refractivity contribution in [2.75, 3.05) is 0 Å². The topological polar surface area (TPSA) is 34.1 Å². The summed E-state index contributed by atoms with van der Waals surface area (Å²) >= 11 is 0. The molecule has 0 spiro atoms. The van der Waals surface area contributed by atoms with E-state index < -0.39 is 23.9 Å². The fraction of sp³-hybridized carbons (Fsp3) is 0.500. The Labute approximate surface area is 61.2 Å². The summed E-state index contributed by atoms with van der Waals surface area (Å²) in [5.41, 5.74) is 0. The van der Waals surface area contributed by atoms with Crippen LogP contribution in [-0.2, 0) is 9.59 Å². The van der Waals surface area contributed by atoms with Crippen LogP contribution < -0.4 is 0 Å². The number of alkyl halides is 4. The van der Waals surface area contributed by atoms with Gasteiger partial charge in [-0.1, -0.05) is 0 Å². The lowest BCUT2D eigenvalue weighted by molar-refractivity contribution is -0.222. The van der Waals surface area contributed by atoms with Crippen LogP contribution in [0, 0.1) is 0 Å². The van der Waals surface area contributed by atoms with E-state index in [1.807, 2.05) is 0 Å². The van der Waals surface area contributed by atoms with Crippen molar-refractivity contribution < 1.29 is 35.9 Å². The van der Waals surface area contributed by atoms with E-state index in [0.717, 1.165) is 0 Å². The van der Waals surface area contributed by atoms with Gasteiger partial charge in [-0.3, -0.25) is 9.59 Å². The number of hydrogen-bond donors (Lipinski definition) is 0. The van der Waals surface area contributed by atoms with Crippen LogP contribution in [-0.4, -0.2) is 23.9 Å². The molecule has 2 nitrogen and oxygen atoms in total. The molecule has 0 aliphatic carbocycles. The highest BCUT2D eigenvalue weighted by molar-refractivity contribution is 5.88. The Morgan fingerprint density at radius 1 is 0.750 bits per heavy atom. The largest absolute Gasteiger partial charge is 0.408 e. The van der Waals surface area contributed by atoms with Crippen molar-refractivity contribution in [2.24, 2.45) is 0 Å². The minimum Gasteiger partial charge on any atom is -0.254 e. The van der Waals surface area contributed by atoms with Gasteiger partial charge in [0.15, 0.2) is 0 Å². The van der Waals surface area contributed by atoms with E-state index in [1.54, 1.807) is 0 Å². The zero-order chi connectivity index (χ0) is 10.2. The van der Waals surface area contributed by atoms with E-state index in [1.165, 1.54) is 0 Å². The molecule has 12 heavy (non-hydrogen) atoms. The van der Waals surface area contributed by atoms with Gasteiger partial charge in [0.25, 0.3) is 0 Å². The quantitative estimate of drug-likeness (QED) is 0.500. The zero-order valence-electron chi connectivity index (χ0n) is 5.08. The van der Waals surface area contributed by atoms with Crippen LogP contribution in [0.3, 0.4) is 0 Å². The smallest absolute Gasteiger partial charge is 0.254 e. The Bertz CT molecular complexity index is 198. The molecule has 0 bridgehead atoms. The third-order valence-corrected chi connectivity index (χ3v) is 0.888. The first kappa shape index (κ1) is 10.9. The predicted octanol–water partition coefficient (Wildman–Crippen LogP) is 1.25. The Kier molecular flexibility index (Phi) is 2.51. The third kappa shape index (κ3) is 1.41. The monoisotopic (exact) mass is 194 g/mol. The SMILES string of the molecule is O=C(F)C(F)(F)C(F)(F)C(=O)F. The summed E-state index contributed by atoms with van der Waals surface area (Å²) in [5.74, 6) is -11.9. The first-order chi connectivity index (χ1) is 5.14. The van der Waals surface area contributed by atoms with Crippen LogP contribution in [0.25, 0.3) is 0 Å². The molecule has 0 N–H and O–H groups in total. The Hall–Kier alpha value is -1.08. The average Bonchev–Trinajstić information content (AvgIpc) is 1.86. The second-order valence-corrected chi connectivity index (χ2v) is 1.70. The van der Waals surface area contributed by atoms with E-state index in [0.29, 0.717) is 0 Å². The number of halogens is 6. The molecule has 0 atom stereocenters. The van der Waals surface area contributed by atoms with Gasteiger partial charge in [0.1, 0.15) is 0 Å². The molecule has 0 radical (unpaired) electrons. The molecule has 0 unspecified atom stereocenters. The predicted molar refractivity (Wildman–Crippen MR) is 22.1 cm³/mol. The first-order valence-electron chi connectivity index (χ1n) is 2.29. The molecule has 0 aromatic carbocycles. The van der Waals surface area contributed by atoms with Crippen molar-refractivity contribution >= 4 is 12.1 Å². The van der Waals surface area contributed by atoms with Gasteiger partial charge < -0.3 is 0 Å². The molecular weight excluding hydrogens is 194 g/mol. The van der Waals surface area contributed by atoms with E-state index in [2.05, 4.69) is 0 Å². The van der Waals surface area contributed by atoms with E-state index in [4.69, 9.17) is 0 Å². The van der Waals surface area contributed by atoms with Gasteiger partial charge in [0, 0.05) is 0 Å². The number of hydrogen-bond acceptors (Lipinski definition) is 2. The van der Waals surface area contributed by atoms with Crippen molar-refractivity contribution in [3.05, 3.63) is 0 Å². The van der Waals surface area contributed by atoms with E-state index >= 15 is 0 Å². The van der Waals surface area contributed by atoms with Gasteiger partial charge >= 0.3 is 23.9 Å². The van der Waals surface area contributed by atoms with Crippen LogP contribution in [0.4, 0.5) is 26.3 Å². The van der Waals surface area contributed by atoms with Gasteiger partial charge in [0.05, 0.1) is 0 Å². The molecule has 8 heteroatoms. The summed E-state index contributed by atoms with van der Waals surface area (Å²) in [6.45, 7) is 0. The standard InChI is InChI=1S/C4F6O2/c5-1(11)3(7,8)4(9,10)2(6)12. The van der Waals surface area contributed by atoms with Crippen molar-refractivity contribution in [1.82, 2.24) is 0 Å². The fourth-order valence-electron chi connectivity index (χ4n) is 0.247. The number of carbonyl (C=O) groups is 2. The fourth-order valence-corrected chi connectivity index (χ4v) is 0.247. The molecule has 0 amide bonds. The molecule has 0 aliphatic rings. The second-order valence-electron chi connectivity index (χ2n) is 1.70. The van der Waals surface area contributed by atoms with E-state index in [-0.39, 0.29) is 0 Å². The van der Waals surface area contributed by atoms with Crippen molar-refractivity contribution in [3.63, 3.8) is 0 Å². The summed E-state index contributed by atoms with van der Waals surface area (Å²) < 4.78 is 68.9. The molecule has 0 fully saturated rings. The maximum atomic E-state index is 11.6. The molecule has 0 heterocycles. The Balaban J connectivity index is 5.01. The minimum absolute atomic E-state index is 3.77. The van der Waals surface area contributed by atoms with Crippen LogP contribution in [0.2, 0.25) is 0 Å².